The molecule has 0 aromatic heterocycles. The Hall–Kier alpha value is -3.48. The molecule has 0 radical (unpaired) electrons. The molecule has 0 fully saturated rings. The van der Waals surface area contributed by atoms with E-state index in [1.165, 1.54) is 6.07 Å². The summed E-state index contributed by atoms with van der Waals surface area (Å²) in [5, 5.41) is 38.6. The van der Waals surface area contributed by atoms with E-state index in [0.717, 1.165) is 18.2 Å². The van der Waals surface area contributed by atoms with Crippen LogP contribution in [-0.4, -0.2) is 27.5 Å². The van der Waals surface area contributed by atoms with Crippen molar-refractivity contribution in [2.24, 2.45) is 10.8 Å². The summed E-state index contributed by atoms with van der Waals surface area (Å²) in [7, 11) is 0. The van der Waals surface area contributed by atoms with Gasteiger partial charge in [-0.2, -0.15) is 10.4 Å². The molecule has 0 unspecified atom stereocenters. The van der Waals surface area contributed by atoms with Crippen molar-refractivity contribution in [3.05, 3.63) is 33.9 Å². The minimum atomic E-state index is -1.41. The molecule has 0 aliphatic heterocycles. The molecule has 102 valence electrons. The summed E-state index contributed by atoms with van der Waals surface area (Å²) in [6.45, 7) is 0. The number of nitriles is 1. The molecule has 1 aromatic carbocycles. The van der Waals surface area contributed by atoms with E-state index in [1.54, 1.807) is 0 Å². The molecule has 10 heteroatoms. The number of rotatable bonds is 5. The fraction of sp³-hybridized carbons (Fsp3) is 0. The van der Waals surface area contributed by atoms with Crippen molar-refractivity contribution in [1.29, 1.82) is 10.7 Å². The highest BCUT2D eigenvalue weighted by Crippen LogP contribution is 2.22. The Morgan fingerprint density at radius 2 is 2.25 bits per heavy atom. The second-order valence-corrected chi connectivity index (χ2v) is 3.39. The summed E-state index contributed by atoms with van der Waals surface area (Å²) in [5.74, 6) is -2.01. The topological polar surface area (TPSA) is 178 Å². The lowest BCUT2D eigenvalue weighted by molar-refractivity contribution is -0.384. The predicted octanol–water partition coefficient (Wildman–Crippen LogP) is 0.520. The molecule has 0 atom stereocenters. The van der Waals surface area contributed by atoms with Crippen molar-refractivity contribution in [2.75, 3.05) is 5.43 Å². The zero-order valence-electron chi connectivity index (χ0n) is 9.82. The number of nitrogens with two attached hydrogens (primary N) is 1. The number of nitro benzene ring substituents is 1. The van der Waals surface area contributed by atoms with E-state index in [2.05, 4.69) is 10.5 Å². The summed E-state index contributed by atoms with van der Waals surface area (Å²) in [5.41, 5.74) is 5.98. The zero-order valence-corrected chi connectivity index (χ0v) is 9.82. The standard InChI is InChI=1S/C10H8N6O4/c11-4-8(9(12)13)15-14-7-2-1-5(16(19)20)3-6(7)10(17)18/h1-3,14H,(H3,12,13)(H,17,18)/b15-8+. The van der Waals surface area contributed by atoms with Crippen LogP contribution in [0.2, 0.25) is 0 Å². The minimum absolute atomic E-state index is 0.0721. The summed E-state index contributed by atoms with van der Waals surface area (Å²) in [4.78, 5) is 20.8. The molecule has 0 amide bonds. The molecule has 0 aliphatic carbocycles. The molecule has 10 nitrogen and oxygen atoms in total. The predicted molar refractivity (Wildman–Crippen MR) is 68.6 cm³/mol. The number of anilines is 1. The lowest BCUT2D eigenvalue weighted by atomic mass is 10.1. The smallest absolute Gasteiger partial charge is 0.338 e. The second-order valence-electron chi connectivity index (χ2n) is 3.39. The number of carboxylic acid groups (broad SMARTS) is 1. The van der Waals surface area contributed by atoms with Gasteiger partial charge >= 0.3 is 5.97 Å². The molecule has 0 saturated heterocycles. The summed E-state index contributed by atoms with van der Waals surface area (Å²) >= 11 is 0. The summed E-state index contributed by atoms with van der Waals surface area (Å²) in [6, 6.07) is 4.58. The van der Waals surface area contributed by atoms with E-state index in [0.29, 0.717) is 0 Å². The van der Waals surface area contributed by atoms with E-state index in [1.807, 2.05) is 0 Å². The summed E-state index contributed by atoms with van der Waals surface area (Å²) in [6.07, 6.45) is 0. The Balaban J connectivity index is 3.20. The van der Waals surface area contributed by atoms with Gasteiger partial charge < -0.3 is 10.8 Å². The fourth-order valence-electron chi connectivity index (χ4n) is 1.18. The van der Waals surface area contributed by atoms with Gasteiger partial charge in [0.15, 0.2) is 5.84 Å². The quantitative estimate of drug-likeness (QED) is 0.262. The molecule has 0 aliphatic rings. The Morgan fingerprint density at radius 1 is 1.60 bits per heavy atom. The number of nitrogens with one attached hydrogen (secondary N) is 2. The molecular weight excluding hydrogens is 268 g/mol. The van der Waals surface area contributed by atoms with Crippen LogP contribution in [-0.2, 0) is 0 Å². The average molecular weight is 276 g/mol. The highest BCUT2D eigenvalue weighted by molar-refractivity contribution is 6.45. The molecule has 5 N–H and O–H groups in total. The van der Waals surface area contributed by atoms with Gasteiger partial charge in [-0.25, -0.2) is 4.79 Å². The van der Waals surface area contributed by atoms with E-state index >= 15 is 0 Å². The van der Waals surface area contributed by atoms with Crippen molar-refractivity contribution in [2.45, 2.75) is 0 Å². The maximum Gasteiger partial charge on any atom is 0.338 e. The first-order chi connectivity index (χ1) is 9.36. The van der Waals surface area contributed by atoms with Crippen LogP contribution in [0.25, 0.3) is 0 Å². The minimum Gasteiger partial charge on any atom is -0.478 e. The van der Waals surface area contributed by atoms with Crippen LogP contribution in [0.3, 0.4) is 0 Å². The Labute approximate surface area is 111 Å². The number of amidine groups is 1. The van der Waals surface area contributed by atoms with Gasteiger partial charge in [-0.3, -0.25) is 20.9 Å². The van der Waals surface area contributed by atoms with Crippen LogP contribution >= 0.6 is 0 Å². The van der Waals surface area contributed by atoms with Crippen LogP contribution in [0.5, 0.6) is 0 Å². The SMILES string of the molecule is N#C/C(=N\Nc1ccc([N+](=O)[O-])cc1C(=O)O)C(=N)N. The van der Waals surface area contributed by atoms with Crippen LogP contribution in [0.1, 0.15) is 10.4 Å². The van der Waals surface area contributed by atoms with Crippen molar-refractivity contribution < 1.29 is 14.8 Å². The molecule has 1 rings (SSSR count). The first-order valence-corrected chi connectivity index (χ1v) is 4.96. The van der Waals surface area contributed by atoms with E-state index in [9.17, 15) is 14.9 Å². The van der Waals surface area contributed by atoms with Gasteiger partial charge in [0.05, 0.1) is 16.2 Å². The number of non-ortho nitro benzene ring substituents is 1. The third-order valence-corrected chi connectivity index (χ3v) is 2.09. The maximum atomic E-state index is 11.0. The number of aromatic carboxylic acids is 1. The molecular formula is C10H8N6O4. The molecule has 0 heterocycles. The van der Waals surface area contributed by atoms with Gasteiger partial charge in [0.25, 0.3) is 5.69 Å². The molecule has 1 aromatic rings. The highest BCUT2D eigenvalue weighted by atomic mass is 16.6. The van der Waals surface area contributed by atoms with Gasteiger partial charge in [0.2, 0.25) is 5.71 Å². The van der Waals surface area contributed by atoms with Gasteiger partial charge in [0.1, 0.15) is 6.07 Å². The second kappa shape index (κ2) is 5.91. The molecule has 0 bridgehead atoms. The van der Waals surface area contributed by atoms with Crippen LogP contribution < -0.4 is 11.2 Å². The summed E-state index contributed by atoms with van der Waals surface area (Å²) < 4.78 is 0. The lowest BCUT2D eigenvalue weighted by Crippen LogP contribution is -2.22. The third kappa shape index (κ3) is 3.26. The zero-order chi connectivity index (χ0) is 15.3. The lowest BCUT2D eigenvalue weighted by Gasteiger charge is -2.05. The van der Waals surface area contributed by atoms with Crippen molar-refractivity contribution in [1.82, 2.24) is 0 Å². The van der Waals surface area contributed by atoms with E-state index in [-0.39, 0.29) is 5.69 Å². The first kappa shape index (κ1) is 14.6. The number of hydrogen-bond donors (Lipinski definition) is 4. The van der Waals surface area contributed by atoms with Gasteiger partial charge in [-0.05, 0) is 6.07 Å². The number of carboxylic acids is 1. The van der Waals surface area contributed by atoms with Crippen LogP contribution in [0.15, 0.2) is 23.3 Å². The number of hydrazone groups is 1. The largest absolute Gasteiger partial charge is 0.478 e. The highest BCUT2D eigenvalue weighted by Gasteiger charge is 2.16. The molecule has 0 saturated carbocycles. The van der Waals surface area contributed by atoms with Crippen LogP contribution in [0, 0.1) is 26.9 Å². The van der Waals surface area contributed by atoms with Crippen molar-refractivity contribution >= 4 is 28.9 Å². The monoisotopic (exact) mass is 276 g/mol. The number of hydrogen-bond acceptors (Lipinski definition) is 7. The normalized spacial score (nSPS) is 10.4. The number of nitro groups is 1. The number of carbonyl (C=O) groups is 1. The number of benzene rings is 1. The van der Waals surface area contributed by atoms with E-state index < -0.39 is 33.7 Å². The number of nitrogens with zero attached hydrogens (tertiary/aromatic N) is 3. The third-order valence-electron chi connectivity index (χ3n) is 2.09. The van der Waals surface area contributed by atoms with Gasteiger partial charge in [0, 0.05) is 12.1 Å². The van der Waals surface area contributed by atoms with Gasteiger partial charge in [-0.1, -0.05) is 0 Å². The maximum absolute atomic E-state index is 11.0. The Morgan fingerprint density at radius 3 is 2.70 bits per heavy atom. The van der Waals surface area contributed by atoms with Crippen LogP contribution in [0.4, 0.5) is 11.4 Å². The Bertz CT molecular complexity index is 660. The average Bonchev–Trinajstić information content (AvgIpc) is 2.38. The van der Waals surface area contributed by atoms with Crippen molar-refractivity contribution in [3.63, 3.8) is 0 Å². The van der Waals surface area contributed by atoms with Crippen molar-refractivity contribution in [3.8, 4) is 6.07 Å². The fourth-order valence-corrected chi connectivity index (χ4v) is 1.18. The Kier molecular flexibility index (Phi) is 4.31. The molecule has 20 heavy (non-hydrogen) atoms. The van der Waals surface area contributed by atoms with E-state index in [4.69, 9.17) is 21.5 Å². The first-order valence-electron chi connectivity index (χ1n) is 4.96. The molecule has 0 spiro atoms. The van der Waals surface area contributed by atoms with Gasteiger partial charge in [-0.15, -0.1) is 0 Å².